The standard InChI is InChI=1S/C8H17N3O3S/c9-8-1-2-11(7-8)15(12,13)10-3-5-14-6-4-10/h8H,1-7,9H2. The van der Waals surface area contributed by atoms with Crippen molar-refractivity contribution in [1.82, 2.24) is 8.61 Å². The molecule has 0 radical (unpaired) electrons. The first-order valence-electron chi connectivity index (χ1n) is 5.19. The number of ether oxygens (including phenoxy) is 1. The average molecular weight is 235 g/mol. The zero-order chi connectivity index (χ0) is 10.9. The van der Waals surface area contributed by atoms with Gasteiger partial charge in [-0.15, -0.1) is 0 Å². The fourth-order valence-electron chi connectivity index (χ4n) is 1.90. The molecule has 2 heterocycles. The monoisotopic (exact) mass is 235 g/mol. The van der Waals surface area contributed by atoms with Gasteiger partial charge in [-0.3, -0.25) is 0 Å². The van der Waals surface area contributed by atoms with E-state index < -0.39 is 10.2 Å². The van der Waals surface area contributed by atoms with E-state index in [0.29, 0.717) is 39.4 Å². The molecule has 0 aromatic carbocycles. The van der Waals surface area contributed by atoms with Gasteiger partial charge < -0.3 is 10.5 Å². The SMILES string of the molecule is NC1CCN(S(=O)(=O)N2CCOCC2)C1. The number of hydrogen-bond acceptors (Lipinski definition) is 4. The van der Waals surface area contributed by atoms with Gasteiger partial charge in [-0.25, -0.2) is 0 Å². The summed E-state index contributed by atoms with van der Waals surface area (Å²) in [6.45, 7) is 2.86. The van der Waals surface area contributed by atoms with Gasteiger partial charge in [0.25, 0.3) is 10.2 Å². The van der Waals surface area contributed by atoms with E-state index in [1.54, 1.807) is 0 Å². The van der Waals surface area contributed by atoms with Crippen molar-refractivity contribution in [2.75, 3.05) is 39.4 Å². The molecule has 2 aliphatic heterocycles. The number of nitrogens with two attached hydrogens (primary N) is 1. The molecule has 0 aromatic heterocycles. The largest absolute Gasteiger partial charge is 0.379 e. The molecular formula is C8H17N3O3S. The van der Waals surface area contributed by atoms with Crippen LogP contribution in [0.2, 0.25) is 0 Å². The molecule has 1 unspecified atom stereocenters. The first-order chi connectivity index (χ1) is 7.10. The van der Waals surface area contributed by atoms with Gasteiger partial charge in [-0.1, -0.05) is 0 Å². The van der Waals surface area contributed by atoms with Crippen LogP contribution in [0.3, 0.4) is 0 Å². The van der Waals surface area contributed by atoms with Crippen molar-refractivity contribution in [2.45, 2.75) is 12.5 Å². The summed E-state index contributed by atoms with van der Waals surface area (Å²) in [5.74, 6) is 0. The lowest BCUT2D eigenvalue weighted by molar-refractivity contribution is 0.0706. The highest BCUT2D eigenvalue weighted by Gasteiger charge is 2.34. The minimum Gasteiger partial charge on any atom is -0.379 e. The Bertz CT molecular complexity index is 302. The zero-order valence-corrected chi connectivity index (χ0v) is 9.45. The molecule has 2 aliphatic rings. The predicted octanol–water partition coefficient (Wildman–Crippen LogP) is -1.40. The molecule has 88 valence electrons. The van der Waals surface area contributed by atoms with Crippen molar-refractivity contribution in [3.63, 3.8) is 0 Å². The molecule has 0 aromatic rings. The smallest absolute Gasteiger partial charge is 0.282 e. The zero-order valence-electron chi connectivity index (χ0n) is 8.63. The summed E-state index contributed by atoms with van der Waals surface area (Å²) in [7, 11) is -3.29. The third-order valence-corrected chi connectivity index (χ3v) is 4.81. The minimum atomic E-state index is -3.29. The van der Waals surface area contributed by atoms with Gasteiger partial charge in [0, 0.05) is 32.2 Å². The van der Waals surface area contributed by atoms with E-state index >= 15 is 0 Å². The number of nitrogens with zero attached hydrogens (tertiary/aromatic N) is 2. The second-order valence-electron chi connectivity index (χ2n) is 3.93. The van der Waals surface area contributed by atoms with Gasteiger partial charge in [-0.2, -0.15) is 17.0 Å². The third kappa shape index (κ3) is 2.31. The first kappa shape index (κ1) is 11.3. The lowest BCUT2D eigenvalue weighted by Crippen LogP contribution is -2.48. The van der Waals surface area contributed by atoms with E-state index in [1.807, 2.05) is 0 Å². The van der Waals surface area contributed by atoms with Crippen molar-refractivity contribution in [3.05, 3.63) is 0 Å². The molecule has 6 nitrogen and oxygen atoms in total. The Morgan fingerprint density at radius 2 is 1.80 bits per heavy atom. The molecule has 0 bridgehead atoms. The number of hydrogen-bond donors (Lipinski definition) is 1. The van der Waals surface area contributed by atoms with E-state index in [0.717, 1.165) is 6.42 Å². The fraction of sp³-hybridized carbons (Fsp3) is 1.00. The summed E-state index contributed by atoms with van der Waals surface area (Å²) in [5.41, 5.74) is 5.70. The van der Waals surface area contributed by atoms with E-state index in [-0.39, 0.29) is 6.04 Å². The molecule has 2 N–H and O–H groups in total. The summed E-state index contributed by atoms with van der Waals surface area (Å²) in [6, 6.07) is -0.0131. The third-order valence-electron chi connectivity index (χ3n) is 2.81. The maximum absolute atomic E-state index is 12.1. The van der Waals surface area contributed by atoms with Crippen molar-refractivity contribution in [3.8, 4) is 0 Å². The van der Waals surface area contributed by atoms with E-state index in [2.05, 4.69) is 0 Å². The van der Waals surface area contributed by atoms with Gasteiger partial charge in [0.1, 0.15) is 0 Å². The molecule has 0 spiro atoms. The van der Waals surface area contributed by atoms with Crippen LogP contribution in [0.25, 0.3) is 0 Å². The Labute approximate surface area is 90.2 Å². The van der Waals surface area contributed by atoms with Crippen LogP contribution < -0.4 is 5.73 Å². The van der Waals surface area contributed by atoms with Crippen molar-refractivity contribution >= 4 is 10.2 Å². The summed E-state index contributed by atoms with van der Waals surface area (Å²) in [6.07, 6.45) is 0.754. The summed E-state index contributed by atoms with van der Waals surface area (Å²) in [5, 5.41) is 0. The quantitative estimate of drug-likeness (QED) is 0.638. The molecule has 0 amide bonds. The highest BCUT2D eigenvalue weighted by atomic mass is 32.2. The van der Waals surface area contributed by atoms with Crippen LogP contribution in [0.15, 0.2) is 0 Å². The van der Waals surface area contributed by atoms with E-state index in [4.69, 9.17) is 10.5 Å². The van der Waals surface area contributed by atoms with Gasteiger partial charge in [0.15, 0.2) is 0 Å². The minimum absolute atomic E-state index is 0.0131. The van der Waals surface area contributed by atoms with Crippen LogP contribution in [0.1, 0.15) is 6.42 Å². The lowest BCUT2D eigenvalue weighted by atomic mass is 10.3. The van der Waals surface area contributed by atoms with Gasteiger partial charge in [0.05, 0.1) is 13.2 Å². The second kappa shape index (κ2) is 4.34. The van der Waals surface area contributed by atoms with E-state index in [1.165, 1.54) is 8.61 Å². The Hall–Kier alpha value is -0.210. The topological polar surface area (TPSA) is 75.9 Å². The molecule has 1 atom stereocenters. The van der Waals surface area contributed by atoms with E-state index in [9.17, 15) is 8.42 Å². The highest BCUT2D eigenvalue weighted by molar-refractivity contribution is 7.86. The van der Waals surface area contributed by atoms with Crippen LogP contribution in [0, 0.1) is 0 Å². The Kier molecular flexibility index (Phi) is 3.27. The fourth-order valence-corrected chi connectivity index (χ4v) is 3.56. The predicted molar refractivity (Wildman–Crippen MR) is 55.5 cm³/mol. The molecule has 2 rings (SSSR count). The number of rotatable bonds is 2. The van der Waals surface area contributed by atoms with Gasteiger partial charge in [0.2, 0.25) is 0 Å². The second-order valence-corrected chi connectivity index (χ2v) is 5.85. The normalized spacial score (nSPS) is 30.9. The summed E-state index contributed by atoms with van der Waals surface area (Å²) >= 11 is 0. The van der Waals surface area contributed by atoms with Crippen LogP contribution >= 0.6 is 0 Å². The molecular weight excluding hydrogens is 218 g/mol. The molecule has 15 heavy (non-hydrogen) atoms. The van der Waals surface area contributed by atoms with Crippen LogP contribution in [-0.2, 0) is 14.9 Å². The highest BCUT2D eigenvalue weighted by Crippen LogP contribution is 2.16. The average Bonchev–Trinajstić information content (AvgIpc) is 2.67. The number of morpholine rings is 1. The summed E-state index contributed by atoms with van der Waals surface area (Å²) in [4.78, 5) is 0. The first-order valence-corrected chi connectivity index (χ1v) is 6.59. The molecule has 0 aliphatic carbocycles. The summed E-state index contributed by atoms with van der Waals surface area (Å²) < 4.78 is 32.2. The van der Waals surface area contributed by atoms with Crippen LogP contribution in [-0.4, -0.2) is 62.5 Å². The van der Waals surface area contributed by atoms with Crippen molar-refractivity contribution < 1.29 is 13.2 Å². The van der Waals surface area contributed by atoms with Crippen molar-refractivity contribution in [1.29, 1.82) is 0 Å². The van der Waals surface area contributed by atoms with Gasteiger partial charge in [-0.05, 0) is 6.42 Å². The molecule has 7 heteroatoms. The van der Waals surface area contributed by atoms with Crippen molar-refractivity contribution in [2.24, 2.45) is 5.73 Å². The van der Waals surface area contributed by atoms with Crippen LogP contribution in [0.5, 0.6) is 0 Å². The Morgan fingerprint density at radius 3 is 2.33 bits per heavy atom. The molecule has 2 fully saturated rings. The van der Waals surface area contributed by atoms with Gasteiger partial charge >= 0.3 is 0 Å². The Balaban J connectivity index is 2.05. The Morgan fingerprint density at radius 1 is 1.13 bits per heavy atom. The molecule has 2 saturated heterocycles. The van der Waals surface area contributed by atoms with Crippen LogP contribution in [0.4, 0.5) is 0 Å². The molecule has 0 saturated carbocycles. The maximum atomic E-state index is 12.1. The lowest BCUT2D eigenvalue weighted by Gasteiger charge is -2.29. The maximum Gasteiger partial charge on any atom is 0.282 e.